The number of hydrogen-bond acceptors (Lipinski definition) is 3. The first-order valence-electron chi connectivity index (χ1n) is 8.21. The van der Waals surface area contributed by atoms with Crippen LogP contribution in [0.2, 0.25) is 0 Å². The largest absolute Gasteiger partial charge is 0.497 e. The van der Waals surface area contributed by atoms with Gasteiger partial charge in [0, 0.05) is 5.69 Å². The summed E-state index contributed by atoms with van der Waals surface area (Å²) in [6.45, 7) is 6.25. The van der Waals surface area contributed by atoms with Gasteiger partial charge in [-0.1, -0.05) is 31.7 Å². The first-order valence-corrected chi connectivity index (χ1v) is 8.62. The van der Waals surface area contributed by atoms with Gasteiger partial charge in [0.05, 0.1) is 13.2 Å². The van der Waals surface area contributed by atoms with E-state index in [-0.39, 0.29) is 6.04 Å². The lowest BCUT2D eigenvalue weighted by molar-refractivity contribution is 0.363. The van der Waals surface area contributed by atoms with Crippen molar-refractivity contribution in [3.05, 3.63) is 66.7 Å². The van der Waals surface area contributed by atoms with Crippen LogP contribution in [-0.2, 0) is 0 Å². The molecule has 5 heteroatoms. The van der Waals surface area contributed by atoms with Crippen LogP contribution >= 0.6 is 12.2 Å². The van der Waals surface area contributed by atoms with Crippen LogP contribution in [0.3, 0.4) is 0 Å². The van der Waals surface area contributed by atoms with Gasteiger partial charge in [-0.3, -0.25) is 0 Å². The van der Waals surface area contributed by atoms with Gasteiger partial charge < -0.3 is 20.1 Å². The summed E-state index contributed by atoms with van der Waals surface area (Å²) in [6.07, 6.45) is 2.64. The third-order valence-electron chi connectivity index (χ3n) is 3.71. The third-order valence-corrected chi connectivity index (χ3v) is 3.93. The number of benzene rings is 2. The van der Waals surface area contributed by atoms with Crippen molar-refractivity contribution in [3.8, 4) is 11.5 Å². The third kappa shape index (κ3) is 5.80. The van der Waals surface area contributed by atoms with E-state index in [4.69, 9.17) is 21.7 Å². The summed E-state index contributed by atoms with van der Waals surface area (Å²) in [5.41, 5.74) is 2.08. The van der Waals surface area contributed by atoms with Gasteiger partial charge in [0.25, 0.3) is 0 Å². The molecule has 2 aromatic rings. The molecule has 2 aromatic carbocycles. The SMILES string of the molecule is C=CCOc1ccc(NC(=S)N[C@@H](CC)c2ccc(OC)cc2)cc1. The Kier molecular flexibility index (Phi) is 7.29. The molecule has 4 nitrogen and oxygen atoms in total. The molecular weight excluding hydrogens is 332 g/mol. The molecule has 2 N–H and O–H groups in total. The highest BCUT2D eigenvalue weighted by Gasteiger charge is 2.11. The van der Waals surface area contributed by atoms with Crippen molar-refractivity contribution in [2.45, 2.75) is 19.4 Å². The number of hydrogen-bond donors (Lipinski definition) is 2. The first kappa shape index (κ1) is 18.8. The van der Waals surface area contributed by atoms with E-state index < -0.39 is 0 Å². The molecule has 2 rings (SSSR count). The smallest absolute Gasteiger partial charge is 0.171 e. The summed E-state index contributed by atoms with van der Waals surface area (Å²) in [5, 5.41) is 7.14. The predicted molar refractivity (Wildman–Crippen MR) is 108 cm³/mol. The minimum absolute atomic E-state index is 0.140. The fraction of sp³-hybridized carbons (Fsp3) is 0.250. The van der Waals surface area contributed by atoms with Gasteiger partial charge in [-0.2, -0.15) is 0 Å². The number of thiocarbonyl (C=S) groups is 1. The molecule has 0 aromatic heterocycles. The van der Waals surface area contributed by atoms with Gasteiger partial charge in [0.1, 0.15) is 18.1 Å². The number of nitrogens with one attached hydrogen (secondary N) is 2. The van der Waals surface area contributed by atoms with E-state index in [0.717, 1.165) is 23.6 Å². The average Bonchev–Trinajstić information content (AvgIpc) is 2.65. The van der Waals surface area contributed by atoms with Crippen molar-refractivity contribution >= 4 is 23.0 Å². The molecule has 0 aliphatic heterocycles. The van der Waals surface area contributed by atoms with Crippen LogP contribution in [0.5, 0.6) is 11.5 Å². The van der Waals surface area contributed by atoms with Crippen LogP contribution in [0.1, 0.15) is 24.9 Å². The lowest BCUT2D eigenvalue weighted by Gasteiger charge is -2.20. The Hall–Kier alpha value is -2.53. The molecule has 0 heterocycles. The van der Waals surface area contributed by atoms with Gasteiger partial charge in [-0.05, 0) is 60.6 Å². The molecule has 0 spiro atoms. The molecule has 0 aliphatic rings. The van der Waals surface area contributed by atoms with Crippen LogP contribution in [-0.4, -0.2) is 18.8 Å². The second-order valence-electron chi connectivity index (χ2n) is 5.46. The summed E-state index contributed by atoms with van der Waals surface area (Å²) >= 11 is 5.44. The monoisotopic (exact) mass is 356 g/mol. The Morgan fingerprint density at radius 1 is 1.12 bits per heavy atom. The van der Waals surface area contributed by atoms with E-state index >= 15 is 0 Å². The van der Waals surface area contributed by atoms with Crippen LogP contribution in [0.25, 0.3) is 0 Å². The lowest BCUT2D eigenvalue weighted by Crippen LogP contribution is -2.32. The van der Waals surface area contributed by atoms with Gasteiger partial charge >= 0.3 is 0 Å². The number of anilines is 1. The second kappa shape index (κ2) is 9.69. The molecule has 0 saturated carbocycles. The molecule has 0 radical (unpaired) electrons. The van der Waals surface area contributed by atoms with Crippen LogP contribution in [0.4, 0.5) is 5.69 Å². The quantitative estimate of drug-likeness (QED) is 0.530. The van der Waals surface area contributed by atoms with Gasteiger partial charge in [0.2, 0.25) is 0 Å². The van der Waals surface area contributed by atoms with Crippen LogP contribution in [0, 0.1) is 0 Å². The normalized spacial score (nSPS) is 11.3. The standard InChI is InChI=1S/C20H24N2O2S/c1-4-14-24-18-12-8-16(9-13-18)21-20(25)22-19(5-2)15-6-10-17(23-3)11-7-15/h4,6-13,19H,1,5,14H2,2-3H3,(H2,21,22,25)/t19-/m0/s1. The maximum Gasteiger partial charge on any atom is 0.171 e. The van der Waals surface area contributed by atoms with Crippen LogP contribution in [0.15, 0.2) is 61.2 Å². The molecule has 132 valence electrons. The Morgan fingerprint density at radius 3 is 2.32 bits per heavy atom. The molecule has 0 fully saturated rings. The van der Waals surface area contributed by atoms with Gasteiger partial charge in [-0.15, -0.1) is 0 Å². The summed E-state index contributed by atoms with van der Waals surface area (Å²) in [5.74, 6) is 1.65. The number of rotatable bonds is 8. The summed E-state index contributed by atoms with van der Waals surface area (Å²) < 4.78 is 10.7. The van der Waals surface area contributed by atoms with E-state index in [2.05, 4.69) is 24.1 Å². The topological polar surface area (TPSA) is 42.5 Å². The Bertz CT molecular complexity index is 684. The second-order valence-corrected chi connectivity index (χ2v) is 5.86. The fourth-order valence-corrected chi connectivity index (χ4v) is 2.63. The van der Waals surface area contributed by atoms with Crippen molar-refractivity contribution in [1.82, 2.24) is 5.32 Å². The highest BCUT2D eigenvalue weighted by atomic mass is 32.1. The first-order chi connectivity index (χ1) is 12.2. The zero-order valence-electron chi connectivity index (χ0n) is 14.6. The van der Waals surface area contributed by atoms with E-state index in [1.807, 2.05) is 48.5 Å². The molecule has 0 aliphatic carbocycles. The summed E-state index contributed by atoms with van der Waals surface area (Å²) in [7, 11) is 1.66. The zero-order chi connectivity index (χ0) is 18.1. The molecule has 0 saturated heterocycles. The van der Waals surface area contributed by atoms with Crippen molar-refractivity contribution in [3.63, 3.8) is 0 Å². The number of methoxy groups -OCH3 is 1. The minimum atomic E-state index is 0.140. The Balaban J connectivity index is 1.93. The molecular formula is C20H24N2O2S. The maximum absolute atomic E-state index is 5.47. The van der Waals surface area contributed by atoms with E-state index in [0.29, 0.717) is 11.7 Å². The van der Waals surface area contributed by atoms with Crippen LogP contribution < -0.4 is 20.1 Å². The highest BCUT2D eigenvalue weighted by Crippen LogP contribution is 2.21. The van der Waals surface area contributed by atoms with Crippen molar-refractivity contribution in [1.29, 1.82) is 0 Å². The van der Waals surface area contributed by atoms with Crippen molar-refractivity contribution in [2.24, 2.45) is 0 Å². The van der Waals surface area contributed by atoms with Gasteiger partial charge in [-0.25, -0.2) is 0 Å². The Labute approximate surface area is 154 Å². The lowest BCUT2D eigenvalue weighted by atomic mass is 10.0. The molecule has 0 unspecified atom stereocenters. The predicted octanol–water partition coefficient (Wildman–Crippen LogP) is 4.70. The summed E-state index contributed by atoms with van der Waals surface area (Å²) in [4.78, 5) is 0. The summed E-state index contributed by atoms with van der Waals surface area (Å²) in [6, 6.07) is 15.8. The molecule has 1 atom stereocenters. The van der Waals surface area contributed by atoms with Crippen molar-refractivity contribution < 1.29 is 9.47 Å². The zero-order valence-corrected chi connectivity index (χ0v) is 15.4. The number of ether oxygens (including phenoxy) is 2. The molecule has 0 amide bonds. The maximum atomic E-state index is 5.47. The molecule has 25 heavy (non-hydrogen) atoms. The van der Waals surface area contributed by atoms with Gasteiger partial charge in [0.15, 0.2) is 5.11 Å². The fourth-order valence-electron chi connectivity index (χ4n) is 2.37. The molecule has 0 bridgehead atoms. The minimum Gasteiger partial charge on any atom is -0.497 e. The van der Waals surface area contributed by atoms with E-state index in [1.165, 1.54) is 5.56 Å². The van der Waals surface area contributed by atoms with Crippen molar-refractivity contribution in [2.75, 3.05) is 19.0 Å². The van der Waals surface area contributed by atoms with E-state index in [1.54, 1.807) is 13.2 Å². The highest BCUT2D eigenvalue weighted by molar-refractivity contribution is 7.80. The van der Waals surface area contributed by atoms with E-state index in [9.17, 15) is 0 Å². The Morgan fingerprint density at radius 2 is 1.76 bits per heavy atom. The average molecular weight is 356 g/mol.